The van der Waals surface area contributed by atoms with Gasteiger partial charge in [0.05, 0.1) is 0 Å². The van der Waals surface area contributed by atoms with Gasteiger partial charge in [0.25, 0.3) is 0 Å². The Balaban J connectivity index is 2.16. The van der Waals surface area contributed by atoms with Gasteiger partial charge in [0.1, 0.15) is 0 Å². The van der Waals surface area contributed by atoms with E-state index < -0.39 is 0 Å². The molecule has 2 heteroatoms. The van der Waals surface area contributed by atoms with E-state index in [9.17, 15) is 0 Å². The van der Waals surface area contributed by atoms with Crippen molar-refractivity contribution in [2.45, 2.75) is 19.8 Å². The van der Waals surface area contributed by atoms with Crippen molar-refractivity contribution in [3.05, 3.63) is 72.8 Å². The number of pyridine rings is 2. The van der Waals surface area contributed by atoms with E-state index in [1.807, 2.05) is 24.8 Å². The molecule has 0 unspecified atom stereocenters. The van der Waals surface area contributed by atoms with Crippen molar-refractivity contribution in [3.8, 4) is 22.3 Å². The Morgan fingerprint density at radius 1 is 0.619 bits per heavy atom. The molecule has 2 heterocycles. The lowest BCUT2D eigenvalue weighted by atomic mass is 9.93. The Morgan fingerprint density at radius 3 is 1.43 bits per heavy atom. The van der Waals surface area contributed by atoms with E-state index in [1.165, 1.54) is 27.8 Å². The number of hydrogen-bond donors (Lipinski definition) is 0. The average molecular weight is 274 g/mol. The molecular weight excluding hydrogens is 256 g/mol. The Bertz CT molecular complexity index is 661. The van der Waals surface area contributed by atoms with Gasteiger partial charge < -0.3 is 0 Å². The minimum absolute atomic E-state index is 0.493. The molecule has 0 spiro atoms. The molecule has 3 aromatic rings. The Morgan fingerprint density at radius 2 is 1.05 bits per heavy atom. The third-order valence-electron chi connectivity index (χ3n) is 3.65. The molecule has 3 rings (SSSR count). The smallest absolute Gasteiger partial charge is 0.0273 e. The Labute approximate surface area is 125 Å². The summed E-state index contributed by atoms with van der Waals surface area (Å²) in [5.74, 6) is 0.493. The van der Waals surface area contributed by atoms with E-state index in [2.05, 4.69) is 66.3 Å². The first-order valence-corrected chi connectivity index (χ1v) is 7.20. The average Bonchev–Trinajstić information content (AvgIpc) is 2.56. The van der Waals surface area contributed by atoms with Crippen molar-refractivity contribution in [1.82, 2.24) is 9.97 Å². The predicted octanol–water partition coefficient (Wildman–Crippen LogP) is 4.93. The highest BCUT2D eigenvalue weighted by Gasteiger charge is 2.07. The summed E-state index contributed by atoms with van der Waals surface area (Å²) >= 11 is 0. The quantitative estimate of drug-likeness (QED) is 0.676. The zero-order chi connectivity index (χ0) is 14.7. The summed E-state index contributed by atoms with van der Waals surface area (Å²) in [5.41, 5.74) is 6.20. The summed E-state index contributed by atoms with van der Waals surface area (Å²) < 4.78 is 0. The van der Waals surface area contributed by atoms with Crippen molar-refractivity contribution in [1.29, 1.82) is 0 Å². The fraction of sp³-hybridized carbons (Fsp3) is 0.158. The highest BCUT2D eigenvalue weighted by molar-refractivity contribution is 5.74. The van der Waals surface area contributed by atoms with Gasteiger partial charge in [-0.25, -0.2) is 0 Å². The maximum absolute atomic E-state index is 4.10. The maximum atomic E-state index is 4.10. The lowest BCUT2D eigenvalue weighted by molar-refractivity contribution is 0.867. The fourth-order valence-electron chi connectivity index (χ4n) is 2.41. The molecule has 0 atom stereocenters. The van der Waals surface area contributed by atoms with Crippen molar-refractivity contribution in [3.63, 3.8) is 0 Å². The zero-order valence-electron chi connectivity index (χ0n) is 12.3. The summed E-state index contributed by atoms with van der Waals surface area (Å²) in [6, 6.07) is 15.0. The zero-order valence-corrected chi connectivity index (χ0v) is 12.3. The second kappa shape index (κ2) is 5.88. The molecule has 21 heavy (non-hydrogen) atoms. The molecule has 0 radical (unpaired) electrons. The van der Waals surface area contributed by atoms with Crippen LogP contribution in [-0.2, 0) is 0 Å². The number of hydrogen-bond acceptors (Lipinski definition) is 2. The highest BCUT2D eigenvalue weighted by atomic mass is 14.6. The van der Waals surface area contributed by atoms with Gasteiger partial charge in [-0.05, 0) is 64.1 Å². The molecule has 0 saturated heterocycles. The summed E-state index contributed by atoms with van der Waals surface area (Å²) in [7, 11) is 0. The van der Waals surface area contributed by atoms with Gasteiger partial charge in [0.15, 0.2) is 0 Å². The second-order valence-electron chi connectivity index (χ2n) is 5.47. The molecule has 1 aromatic carbocycles. The number of rotatable bonds is 3. The van der Waals surface area contributed by atoms with E-state index >= 15 is 0 Å². The standard InChI is InChI=1S/C19H18N2/c1-14(2)17-11-18(15-3-7-20-8-4-15)13-19(12-17)16-5-9-21-10-6-16/h3-14H,1-2H3. The van der Waals surface area contributed by atoms with Gasteiger partial charge in [-0.3, -0.25) is 9.97 Å². The first-order valence-electron chi connectivity index (χ1n) is 7.20. The van der Waals surface area contributed by atoms with Gasteiger partial charge in [-0.1, -0.05) is 26.0 Å². The van der Waals surface area contributed by atoms with Crippen molar-refractivity contribution in [2.75, 3.05) is 0 Å². The molecular formula is C19H18N2. The summed E-state index contributed by atoms with van der Waals surface area (Å²) in [6.07, 6.45) is 7.35. The van der Waals surface area contributed by atoms with Gasteiger partial charge >= 0.3 is 0 Å². The van der Waals surface area contributed by atoms with Crippen LogP contribution in [0, 0.1) is 0 Å². The van der Waals surface area contributed by atoms with Gasteiger partial charge in [0, 0.05) is 24.8 Å². The summed E-state index contributed by atoms with van der Waals surface area (Å²) in [6.45, 7) is 4.45. The molecule has 0 bridgehead atoms. The maximum Gasteiger partial charge on any atom is 0.0273 e. The van der Waals surface area contributed by atoms with E-state index in [0.29, 0.717) is 5.92 Å². The molecule has 0 fully saturated rings. The van der Waals surface area contributed by atoms with E-state index in [0.717, 1.165) is 0 Å². The molecule has 0 aliphatic rings. The minimum atomic E-state index is 0.493. The monoisotopic (exact) mass is 274 g/mol. The molecule has 2 nitrogen and oxygen atoms in total. The molecule has 0 amide bonds. The van der Waals surface area contributed by atoms with Gasteiger partial charge in [-0.2, -0.15) is 0 Å². The molecule has 0 saturated carbocycles. The highest BCUT2D eigenvalue weighted by Crippen LogP contribution is 2.30. The second-order valence-corrected chi connectivity index (χ2v) is 5.47. The number of benzene rings is 1. The van der Waals surface area contributed by atoms with Crippen LogP contribution in [0.15, 0.2) is 67.3 Å². The lowest BCUT2D eigenvalue weighted by Gasteiger charge is -2.12. The number of aromatic nitrogens is 2. The van der Waals surface area contributed by atoms with E-state index in [4.69, 9.17) is 0 Å². The third kappa shape index (κ3) is 3.00. The van der Waals surface area contributed by atoms with Crippen molar-refractivity contribution in [2.24, 2.45) is 0 Å². The van der Waals surface area contributed by atoms with Crippen LogP contribution in [0.3, 0.4) is 0 Å². The van der Waals surface area contributed by atoms with Crippen molar-refractivity contribution < 1.29 is 0 Å². The largest absolute Gasteiger partial charge is 0.265 e. The van der Waals surface area contributed by atoms with Crippen LogP contribution in [-0.4, -0.2) is 9.97 Å². The lowest BCUT2D eigenvalue weighted by Crippen LogP contribution is -1.91. The predicted molar refractivity (Wildman–Crippen MR) is 87.0 cm³/mol. The molecule has 0 aliphatic carbocycles. The van der Waals surface area contributed by atoms with Crippen LogP contribution < -0.4 is 0 Å². The van der Waals surface area contributed by atoms with Crippen LogP contribution in [0.2, 0.25) is 0 Å². The molecule has 2 aromatic heterocycles. The normalized spacial score (nSPS) is 10.8. The first kappa shape index (κ1) is 13.5. The summed E-state index contributed by atoms with van der Waals surface area (Å²) in [4.78, 5) is 8.20. The summed E-state index contributed by atoms with van der Waals surface area (Å²) in [5, 5.41) is 0. The van der Waals surface area contributed by atoms with E-state index in [-0.39, 0.29) is 0 Å². The van der Waals surface area contributed by atoms with Crippen LogP contribution >= 0.6 is 0 Å². The van der Waals surface area contributed by atoms with Crippen LogP contribution in [0.1, 0.15) is 25.3 Å². The number of nitrogens with zero attached hydrogens (tertiary/aromatic N) is 2. The van der Waals surface area contributed by atoms with Crippen LogP contribution in [0.4, 0.5) is 0 Å². The molecule has 0 aliphatic heterocycles. The fourth-order valence-corrected chi connectivity index (χ4v) is 2.41. The molecule has 104 valence electrons. The first-order chi connectivity index (χ1) is 10.2. The van der Waals surface area contributed by atoms with Crippen LogP contribution in [0.5, 0.6) is 0 Å². The topological polar surface area (TPSA) is 25.8 Å². The third-order valence-corrected chi connectivity index (χ3v) is 3.65. The Hall–Kier alpha value is -2.48. The Kier molecular flexibility index (Phi) is 3.78. The minimum Gasteiger partial charge on any atom is -0.265 e. The van der Waals surface area contributed by atoms with Gasteiger partial charge in [0.2, 0.25) is 0 Å². The molecule has 0 N–H and O–H groups in total. The van der Waals surface area contributed by atoms with Crippen LogP contribution in [0.25, 0.3) is 22.3 Å². The van der Waals surface area contributed by atoms with E-state index in [1.54, 1.807) is 0 Å². The van der Waals surface area contributed by atoms with Gasteiger partial charge in [-0.15, -0.1) is 0 Å². The van der Waals surface area contributed by atoms with Crippen molar-refractivity contribution >= 4 is 0 Å². The SMILES string of the molecule is CC(C)c1cc(-c2ccncc2)cc(-c2ccncc2)c1.